The summed E-state index contributed by atoms with van der Waals surface area (Å²) in [4.78, 5) is 9.18. The lowest BCUT2D eigenvalue weighted by Gasteiger charge is -2.24. The predicted octanol–water partition coefficient (Wildman–Crippen LogP) is 2.42. The van der Waals surface area contributed by atoms with Crippen molar-refractivity contribution < 1.29 is 0 Å². The normalized spacial score (nSPS) is 10.9. The smallest absolute Gasteiger partial charge is 0.128 e. The molecule has 0 N–H and O–H groups in total. The van der Waals surface area contributed by atoms with Gasteiger partial charge in [0.25, 0.3) is 0 Å². The topological polar surface area (TPSA) is 19.4 Å². The van der Waals surface area contributed by atoms with Crippen molar-refractivity contribution in [3.8, 4) is 0 Å². The van der Waals surface area contributed by atoms with E-state index in [1.807, 2.05) is 6.20 Å². The quantitative estimate of drug-likeness (QED) is 0.723. The highest BCUT2D eigenvalue weighted by Gasteiger charge is 2.06. The summed E-state index contributed by atoms with van der Waals surface area (Å²) in [5.41, 5.74) is 1.30. The van der Waals surface area contributed by atoms with Gasteiger partial charge < -0.3 is 9.80 Å². The number of anilines is 1. The number of likely N-dealkylation sites (N-methyl/N-ethyl adjacent to an activating group) is 2. The van der Waals surface area contributed by atoms with Gasteiger partial charge in [0, 0.05) is 25.8 Å². The van der Waals surface area contributed by atoms with Gasteiger partial charge in [-0.05, 0) is 38.6 Å². The van der Waals surface area contributed by atoms with Gasteiger partial charge in [-0.2, -0.15) is 0 Å². The van der Waals surface area contributed by atoms with Gasteiger partial charge in [-0.25, -0.2) is 4.98 Å². The number of nitrogens with zero attached hydrogens (tertiary/aromatic N) is 3. The van der Waals surface area contributed by atoms with Crippen LogP contribution in [0.25, 0.3) is 0 Å². The minimum Gasteiger partial charge on any atom is -0.356 e. The molecule has 1 aromatic rings. The van der Waals surface area contributed by atoms with Crippen molar-refractivity contribution in [1.82, 2.24) is 9.88 Å². The molecule has 0 bridgehead atoms. The Labute approximate surface area is 105 Å². The average Bonchev–Trinajstić information content (AvgIpc) is 2.39. The highest BCUT2D eigenvalue weighted by molar-refractivity contribution is 5.39. The summed E-state index contributed by atoms with van der Waals surface area (Å²) in [6.45, 7) is 10.8. The number of rotatable bonds is 7. The van der Waals surface area contributed by atoms with Crippen LogP contribution in [0.3, 0.4) is 0 Å². The van der Waals surface area contributed by atoms with Gasteiger partial charge in [0.05, 0.1) is 0 Å². The van der Waals surface area contributed by atoms with Crippen molar-refractivity contribution in [3.63, 3.8) is 0 Å². The zero-order valence-corrected chi connectivity index (χ0v) is 11.6. The minimum absolute atomic E-state index is 1.01. The summed E-state index contributed by atoms with van der Waals surface area (Å²) in [5, 5.41) is 0. The van der Waals surface area contributed by atoms with Crippen LogP contribution in [0.1, 0.15) is 26.3 Å². The maximum Gasteiger partial charge on any atom is 0.128 e. The summed E-state index contributed by atoms with van der Waals surface area (Å²) < 4.78 is 0. The minimum atomic E-state index is 1.01. The molecule has 0 saturated heterocycles. The Kier molecular flexibility index (Phi) is 5.98. The Hall–Kier alpha value is -1.09. The Morgan fingerprint density at radius 3 is 2.29 bits per heavy atom. The van der Waals surface area contributed by atoms with E-state index in [1.54, 1.807) is 0 Å². The lowest BCUT2D eigenvalue weighted by Crippen LogP contribution is -2.33. The SMILES string of the molecule is CCc1ccc(N(CC)CCN(C)CC)nc1. The van der Waals surface area contributed by atoms with Crippen molar-refractivity contribution in [3.05, 3.63) is 23.9 Å². The first-order valence-electron chi connectivity index (χ1n) is 6.59. The lowest BCUT2D eigenvalue weighted by atomic mass is 10.2. The molecule has 96 valence electrons. The molecule has 0 saturated carbocycles. The van der Waals surface area contributed by atoms with Gasteiger partial charge in [0.1, 0.15) is 5.82 Å². The molecule has 0 aromatic carbocycles. The third-order valence-electron chi connectivity index (χ3n) is 3.21. The van der Waals surface area contributed by atoms with Crippen LogP contribution in [0, 0.1) is 0 Å². The number of pyridine rings is 1. The first-order valence-corrected chi connectivity index (χ1v) is 6.59. The third kappa shape index (κ3) is 4.35. The van der Waals surface area contributed by atoms with Gasteiger partial charge in [0.2, 0.25) is 0 Å². The molecule has 0 fully saturated rings. The number of aromatic nitrogens is 1. The molecule has 0 atom stereocenters. The number of aryl methyl sites for hydroxylation is 1. The van der Waals surface area contributed by atoms with E-state index in [0.29, 0.717) is 0 Å². The van der Waals surface area contributed by atoms with Crippen LogP contribution in [0.4, 0.5) is 5.82 Å². The van der Waals surface area contributed by atoms with E-state index in [9.17, 15) is 0 Å². The Balaban J connectivity index is 2.59. The summed E-state index contributed by atoms with van der Waals surface area (Å²) >= 11 is 0. The van der Waals surface area contributed by atoms with E-state index in [1.165, 1.54) is 5.56 Å². The second-order valence-electron chi connectivity index (χ2n) is 4.35. The maximum atomic E-state index is 4.53. The first-order chi connectivity index (χ1) is 8.21. The molecule has 1 heterocycles. The van der Waals surface area contributed by atoms with Crippen molar-refractivity contribution >= 4 is 5.82 Å². The fourth-order valence-electron chi connectivity index (χ4n) is 1.70. The Morgan fingerprint density at radius 1 is 1.06 bits per heavy atom. The molecule has 3 heteroatoms. The van der Waals surface area contributed by atoms with Crippen LogP contribution < -0.4 is 4.90 Å². The van der Waals surface area contributed by atoms with Crippen LogP contribution in [-0.4, -0.2) is 43.1 Å². The van der Waals surface area contributed by atoms with Crippen molar-refractivity contribution in [2.45, 2.75) is 27.2 Å². The van der Waals surface area contributed by atoms with Gasteiger partial charge in [-0.3, -0.25) is 0 Å². The van der Waals surface area contributed by atoms with Gasteiger partial charge in [-0.15, -0.1) is 0 Å². The highest BCUT2D eigenvalue weighted by Crippen LogP contribution is 2.11. The van der Waals surface area contributed by atoms with Gasteiger partial charge in [-0.1, -0.05) is 19.9 Å². The summed E-state index contributed by atoms with van der Waals surface area (Å²) in [7, 11) is 2.15. The second-order valence-corrected chi connectivity index (χ2v) is 4.35. The van der Waals surface area contributed by atoms with E-state index < -0.39 is 0 Å². The molecular weight excluding hydrogens is 210 g/mol. The number of hydrogen-bond acceptors (Lipinski definition) is 3. The summed E-state index contributed by atoms with van der Waals surface area (Å²) in [6.07, 6.45) is 3.04. The monoisotopic (exact) mass is 235 g/mol. The summed E-state index contributed by atoms with van der Waals surface area (Å²) in [6, 6.07) is 4.31. The fraction of sp³-hybridized carbons (Fsp3) is 0.643. The van der Waals surface area contributed by atoms with Gasteiger partial charge in [0.15, 0.2) is 0 Å². The largest absolute Gasteiger partial charge is 0.356 e. The van der Waals surface area contributed by atoms with E-state index in [2.05, 4.69) is 54.7 Å². The molecule has 17 heavy (non-hydrogen) atoms. The third-order valence-corrected chi connectivity index (χ3v) is 3.21. The standard InChI is InChI=1S/C14H25N3/c1-5-13-8-9-14(15-12-13)17(7-3)11-10-16(4)6-2/h8-9,12H,5-7,10-11H2,1-4H3. The van der Waals surface area contributed by atoms with Crippen LogP contribution >= 0.6 is 0 Å². The van der Waals surface area contributed by atoms with E-state index >= 15 is 0 Å². The molecular formula is C14H25N3. The molecule has 0 amide bonds. The molecule has 3 nitrogen and oxygen atoms in total. The zero-order chi connectivity index (χ0) is 12.7. The molecule has 1 rings (SSSR count). The summed E-state index contributed by atoms with van der Waals surface area (Å²) in [5.74, 6) is 1.09. The molecule has 0 radical (unpaired) electrons. The average molecular weight is 235 g/mol. The van der Waals surface area contributed by atoms with Crippen LogP contribution in [0.2, 0.25) is 0 Å². The number of hydrogen-bond donors (Lipinski definition) is 0. The van der Waals surface area contributed by atoms with Crippen LogP contribution in [0.5, 0.6) is 0 Å². The van der Waals surface area contributed by atoms with E-state index in [-0.39, 0.29) is 0 Å². The zero-order valence-electron chi connectivity index (χ0n) is 11.6. The van der Waals surface area contributed by atoms with E-state index in [4.69, 9.17) is 0 Å². The van der Waals surface area contributed by atoms with Crippen molar-refractivity contribution in [1.29, 1.82) is 0 Å². The lowest BCUT2D eigenvalue weighted by molar-refractivity contribution is 0.358. The molecule has 1 aromatic heterocycles. The van der Waals surface area contributed by atoms with Crippen LogP contribution in [-0.2, 0) is 6.42 Å². The fourth-order valence-corrected chi connectivity index (χ4v) is 1.70. The molecule has 0 aliphatic carbocycles. The molecule has 0 unspecified atom stereocenters. The maximum absolute atomic E-state index is 4.53. The predicted molar refractivity (Wildman–Crippen MR) is 74.7 cm³/mol. The Morgan fingerprint density at radius 2 is 1.82 bits per heavy atom. The first kappa shape index (κ1) is 14.0. The van der Waals surface area contributed by atoms with E-state index in [0.717, 1.165) is 38.4 Å². The molecule has 0 aliphatic heterocycles. The van der Waals surface area contributed by atoms with Crippen LogP contribution in [0.15, 0.2) is 18.3 Å². The van der Waals surface area contributed by atoms with Crippen molar-refractivity contribution in [2.24, 2.45) is 0 Å². The molecule has 0 aliphatic rings. The van der Waals surface area contributed by atoms with Crippen molar-refractivity contribution in [2.75, 3.05) is 38.1 Å². The highest BCUT2D eigenvalue weighted by atomic mass is 15.2. The Bertz CT molecular complexity index is 308. The van der Waals surface area contributed by atoms with Gasteiger partial charge >= 0.3 is 0 Å². The second kappa shape index (κ2) is 7.28. The molecule has 0 spiro atoms.